The lowest BCUT2D eigenvalue weighted by Crippen LogP contribution is -2.10. The van der Waals surface area contributed by atoms with Crippen LogP contribution in [0.1, 0.15) is 34.9 Å². The molecule has 0 atom stereocenters. The Hall–Kier alpha value is -3.32. The molecule has 0 aliphatic rings. The van der Waals surface area contributed by atoms with Gasteiger partial charge in [0.15, 0.2) is 0 Å². The topological polar surface area (TPSA) is 75.2 Å². The first-order valence-electron chi connectivity index (χ1n) is 11.4. The number of aromatic nitrogens is 6. The van der Waals surface area contributed by atoms with Crippen LogP contribution in [0.5, 0.6) is 0 Å². The first-order chi connectivity index (χ1) is 16.3. The van der Waals surface area contributed by atoms with Crippen LogP contribution < -0.4 is 0 Å². The molecule has 0 saturated heterocycles. The van der Waals surface area contributed by atoms with Crippen molar-refractivity contribution in [3.05, 3.63) is 95.7 Å². The Morgan fingerprint density at radius 2 is 1.85 bits per heavy atom. The Morgan fingerprint density at radius 3 is 2.73 bits per heavy atom. The molecule has 5 rings (SSSR count). The monoisotopic (exact) mass is 456 g/mol. The van der Waals surface area contributed by atoms with Gasteiger partial charge in [-0.15, -0.1) is 22.0 Å². The Bertz CT molecular complexity index is 1320. The molecule has 0 aliphatic carbocycles. The number of rotatable bonds is 10. The number of nitrogens with zero attached hydrogens (tertiary/aromatic N) is 4. The number of nitrogens with one attached hydrogen (secondary N) is 2. The number of benzene rings is 2. The number of aryl methyl sites for hydroxylation is 3. The van der Waals surface area contributed by atoms with E-state index < -0.39 is 0 Å². The van der Waals surface area contributed by atoms with Gasteiger partial charge in [-0.05, 0) is 54.8 Å². The zero-order chi connectivity index (χ0) is 22.5. The van der Waals surface area contributed by atoms with Crippen LogP contribution in [0.2, 0.25) is 0 Å². The molecule has 3 aromatic heterocycles. The van der Waals surface area contributed by atoms with Crippen LogP contribution in [-0.2, 0) is 32.2 Å². The van der Waals surface area contributed by atoms with Gasteiger partial charge in [0.25, 0.3) is 0 Å². The summed E-state index contributed by atoms with van der Waals surface area (Å²) < 4.78 is 2.33. The average Bonchev–Trinajstić information content (AvgIpc) is 3.59. The van der Waals surface area contributed by atoms with Crippen LogP contribution in [0.3, 0.4) is 0 Å². The van der Waals surface area contributed by atoms with E-state index in [0.717, 1.165) is 56.0 Å². The van der Waals surface area contributed by atoms with E-state index in [1.165, 1.54) is 26.9 Å². The minimum absolute atomic E-state index is 0.789. The maximum Gasteiger partial charge on any atom is 0.137 e. The van der Waals surface area contributed by atoms with Crippen LogP contribution in [0.15, 0.2) is 72.1 Å². The minimum atomic E-state index is 0.789. The van der Waals surface area contributed by atoms with Crippen molar-refractivity contribution in [2.24, 2.45) is 0 Å². The summed E-state index contributed by atoms with van der Waals surface area (Å²) in [5.41, 5.74) is 4.87. The number of para-hydroxylation sites is 1. The number of thioether (sulfide) groups is 1. The number of hydrogen-bond acceptors (Lipinski definition) is 4. The number of H-pyrrole nitrogens is 2. The molecule has 2 aromatic carbocycles. The van der Waals surface area contributed by atoms with Crippen molar-refractivity contribution in [2.45, 2.75) is 43.5 Å². The highest BCUT2D eigenvalue weighted by Crippen LogP contribution is 2.21. The van der Waals surface area contributed by atoms with Gasteiger partial charge in [0.1, 0.15) is 11.6 Å². The Balaban J connectivity index is 1.35. The third kappa shape index (κ3) is 5.03. The van der Waals surface area contributed by atoms with Gasteiger partial charge >= 0.3 is 0 Å². The standard InChI is InChI=1S/C26H28N6S/c1-33-22-8-4-6-19(14-22)15-26-31-30-25(32(26)13-5-7-21-17-27-18-29-21)12-11-20-16-28-24-10-3-2-9-23(20)24/h2-4,6,8-10,14,16-18,28H,5,7,11-13,15H2,1H3,(H,27,29). The maximum atomic E-state index is 4.63. The molecular weight excluding hydrogens is 428 g/mol. The van der Waals surface area contributed by atoms with Crippen molar-refractivity contribution in [3.8, 4) is 0 Å². The second-order valence-electron chi connectivity index (χ2n) is 8.24. The third-order valence-electron chi connectivity index (χ3n) is 6.06. The summed E-state index contributed by atoms with van der Waals surface area (Å²) in [4.78, 5) is 12.1. The molecular formula is C26H28N6S. The lowest BCUT2D eigenvalue weighted by molar-refractivity contribution is 0.585. The van der Waals surface area contributed by atoms with Crippen molar-refractivity contribution in [1.82, 2.24) is 29.7 Å². The van der Waals surface area contributed by atoms with E-state index in [1.807, 2.05) is 6.20 Å². The van der Waals surface area contributed by atoms with Gasteiger partial charge < -0.3 is 14.5 Å². The zero-order valence-corrected chi connectivity index (χ0v) is 19.6. The van der Waals surface area contributed by atoms with E-state index in [2.05, 4.69) is 90.7 Å². The summed E-state index contributed by atoms with van der Waals surface area (Å²) >= 11 is 1.77. The lowest BCUT2D eigenvalue weighted by Gasteiger charge is -2.11. The van der Waals surface area contributed by atoms with Crippen molar-refractivity contribution in [1.29, 1.82) is 0 Å². The van der Waals surface area contributed by atoms with Crippen LogP contribution in [-0.4, -0.2) is 36.0 Å². The van der Waals surface area contributed by atoms with Crippen molar-refractivity contribution in [3.63, 3.8) is 0 Å². The van der Waals surface area contributed by atoms with Gasteiger partial charge in [0, 0.05) is 47.6 Å². The molecule has 33 heavy (non-hydrogen) atoms. The van der Waals surface area contributed by atoms with Crippen molar-refractivity contribution in [2.75, 3.05) is 6.26 Å². The van der Waals surface area contributed by atoms with Crippen LogP contribution in [0.4, 0.5) is 0 Å². The number of imidazole rings is 1. The van der Waals surface area contributed by atoms with Crippen molar-refractivity contribution < 1.29 is 0 Å². The van der Waals surface area contributed by atoms with E-state index in [-0.39, 0.29) is 0 Å². The fourth-order valence-electron chi connectivity index (χ4n) is 4.34. The van der Waals surface area contributed by atoms with Gasteiger partial charge in [-0.1, -0.05) is 30.3 Å². The number of hydrogen-bond donors (Lipinski definition) is 2. The first-order valence-corrected chi connectivity index (χ1v) is 12.6. The van der Waals surface area contributed by atoms with Crippen molar-refractivity contribution >= 4 is 22.7 Å². The quantitative estimate of drug-likeness (QED) is 0.283. The molecule has 0 unspecified atom stereocenters. The predicted octanol–water partition coefficient (Wildman–Crippen LogP) is 5.21. The lowest BCUT2D eigenvalue weighted by atomic mass is 10.1. The summed E-state index contributed by atoms with van der Waals surface area (Å²) in [6.07, 6.45) is 12.5. The molecule has 0 bridgehead atoms. The van der Waals surface area contributed by atoms with E-state index in [4.69, 9.17) is 0 Å². The van der Waals surface area contributed by atoms with Gasteiger partial charge in [0.05, 0.1) is 12.0 Å². The highest BCUT2D eigenvalue weighted by atomic mass is 32.2. The molecule has 168 valence electrons. The Labute approximate surface area is 197 Å². The second kappa shape index (κ2) is 10.1. The van der Waals surface area contributed by atoms with E-state index in [1.54, 1.807) is 18.1 Å². The summed E-state index contributed by atoms with van der Waals surface area (Å²) in [5.74, 6) is 2.09. The minimum Gasteiger partial charge on any atom is -0.361 e. The van der Waals surface area contributed by atoms with Crippen LogP contribution in [0, 0.1) is 0 Å². The molecule has 2 N–H and O–H groups in total. The summed E-state index contributed by atoms with van der Waals surface area (Å²) in [6.45, 7) is 0.890. The second-order valence-corrected chi connectivity index (χ2v) is 9.12. The van der Waals surface area contributed by atoms with Gasteiger partial charge in [0.2, 0.25) is 0 Å². The molecule has 0 spiro atoms. The maximum absolute atomic E-state index is 4.63. The first kappa shape index (κ1) is 21.5. The molecule has 5 aromatic rings. The fourth-order valence-corrected chi connectivity index (χ4v) is 4.83. The Morgan fingerprint density at radius 1 is 0.939 bits per heavy atom. The molecule has 7 heteroatoms. The predicted molar refractivity (Wildman–Crippen MR) is 134 cm³/mol. The zero-order valence-electron chi connectivity index (χ0n) is 18.8. The smallest absolute Gasteiger partial charge is 0.137 e. The third-order valence-corrected chi connectivity index (χ3v) is 6.79. The average molecular weight is 457 g/mol. The molecule has 0 amide bonds. The normalized spacial score (nSPS) is 11.4. The van der Waals surface area contributed by atoms with E-state index >= 15 is 0 Å². The molecule has 0 aliphatic heterocycles. The molecule has 3 heterocycles. The van der Waals surface area contributed by atoms with Crippen LogP contribution >= 0.6 is 11.8 Å². The summed E-state index contributed by atoms with van der Waals surface area (Å²) in [6, 6.07) is 17.2. The molecule has 0 fully saturated rings. The Kier molecular flexibility index (Phi) is 6.58. The van der Waals surface area contributed by atoms with Gasteiger partial charge in [-0.3, -0.25) is 0 Å². The SMILES string of the molecule is CSc1cccc(Cc2nnc(CCc3c[nH]c4ccccc34)n2CCCc2c[nH]cn2)c1. The molecule has 6 nitrogen and oxygen atoms in total. The summed E-state index contributed by atoms with van der Waals surface area (Å²) in [7, 11) is 0. The highest BCUT2D eigenvalue weighted by molar-refractivity contribution is 7.98. The van der Waals surface area contributed by atoms with E-state index in [9.17, 15) is 0 Å². The van der Waals surface area contributed by atoms with Gasteiger partial charge in [-0.25, -0.2) is 4.98 Å². The molecule has 0 radical (unpaired) electrons. The fraction of sp³-hybridized carbons (Fsp3) is 0.269. The largest absolute Gasteiger partial charge is 0.361 e. The van der Waals surface area contributed by atoms with Gasteiger partial charge in [-0.2, -0.15) is 0 Å². The summed E-state index contributed by atoms with van der Waals surface area (Å²) in [5, 5.41) is 10.5. The number of fused-ring (bicyclic) bond motifs is 1. The molecule has 0 saturated carbocycles. The highest BCUT2D eigenvalue weighted by Gasteiger charge is 2.14. The van der Waals surface area contributed by atoms with E-state index in [0.29, 0.717) is 0 Å². The van der Waals surface area contributed by atoms with Crippen LogP contribution in [0.25, 0.3) is 10.9 Å². The number of aromatic amines is 2.